The number of hydrazone groups is 1. The summed E-state index contributed by atoms with van der Waals surface area (Å²) in [6.45, 7) is 1.77. The number of sulfonamides is 1. The lowest BCUT2D eigenvalue weighted by Crippen LogP contribution is -2.39. The highest BCUT2D eigenvalue weighted by Crippen LogP contribution is 2.25. The van der Waals surface area contributed by atoms with Crippen molar-refractivity contribution < 1.29 is 27.9 Å². The summed E-state index contributed by atoms with van der Waals surface area (Å²) in [5.41, 5.74) is 3.31. The molecule has 3 rings (SSSR count). The van der Waals surface area contributed by atoms with E-state index in [2.05, 4.69) is 10.5 Å². The van der Waals surface area contributed by atoms with Crippen LogP contribution in [0.15, 0.2) is 88.9 Å². The maximum atomic E-state index is 13.3. The number of hydrogen-bond acceptors (Lipinski definition) is 6. The predicted molar refractivity (Wildman–Crippen MR) is 128 cm³/mol. The van der Waals surface area contributed by atoms with Gasteiger partial charge in [0, 0.05) is 0 Å². The quantitative estimate of drug-likeness (QED) is 0.339. The largest absolute Gasteiger partial charge is 0.494 e. The minimum absolute atomic E-state index is 0.00891. The number of rotatable bonds is 10. The Balaban J connectivity index is 1.77. The monoisotopic (exact) mass is 481 g/mol. The van der Waals surface area contributed by atoms with Crippen molar-refractivity contribution in [1.29, 1.82) is 0 Å². The summed E-state index contributed by atoms with van der Waals surface area (Å²) in [6, 6.07) is 20.1. The maximum Gasteiger partial charge on any atom is 0.335 e. The molecule has 0 bridgehead atoms. The van der Waals surface area contributed by atoms with Crippen LogP contribution >= 0.6 is 0 Å². The normalized spacial score (nSPS) is 11.2. The highest BCUT2D eigenvalue weighted by molar-refractivity contribution is 7.92. The number of nitrogens with zero attached hydrogens (tertiary/aromatic N) is 2. The predicted octanol–water partition coefficient (Wildman–Crippen LogP) is 3.13. The van der Waals surface area contributed by atoms with Gasteiger partial charge in [0.15, 0.2) is 0 Å². The first-order valence-corrected chi connectivity index (χ1v) is 11.7. The van der Waals surface area contributed by atoms with Crippen LogP contribution in [-0.2, 0) is 14.8 Å². The van der Waals surface area contributed by atoms with Crippen LogP contribution in [0.2, 0.25) is 0 Å². The van der Waals surface area contributed by atoms with Crippen LogP contribution in [-0.4, -0.2) is 44.8 Å². The smallest absolute Gasteiger partial charge is 0.335 e. The fraction of sp³-hybridized carbons (Fsp3) is 0.125. The van der Waals surface area contributed by atoms with Gasteiger partial charge in [-0.15, -0.1) is 0 Å². The molecule has 0 heterocycles. The third kappa shape index (κ3) is 6.20. The van der Waals surface area contributed by atoms with Gasteiger partial charge in [-0.25, -0.2) is 18.6 Å². The van der Waals surface area contributed by atoms with Crippen molar-refractivity contribution in [1.82, 2.24) is 5.43 Å². The molecule has 0 saturated heterocycles. The summed E-state index contributed by atoms with van der Waals surface area (Å²) < 4.78 is 33.0. The third-order valence-electron chi connectivity index (χ3n) is 4.61. The number of benzene rings is 3. The van der Waals surface area contributed by atoms with Crippen LogP contribution < -0.4 is 14.5 Å². The van der Waals surface area contributed by atoms with E-state index in [-0.39, 0.29) is 10.5 Å². The van der Waals surface area contributed by atoms with Crippen LogP contribution in [0.5, 0.6) is 5.75 Å². The van der Waals surface area contributed by atoms with E-state index in [9.17, 15) is 18.0 Å². The molecule has 0 spiro atoms. The zero-order chi connectivity index (χ0) is 24.6. The first-order chi connectivity index (χ1) is 16.3. The zero-order valence-electron chi connectivity index (χ0n) is 18.3. The molecule has 0 aliphatic carbocycles. The first kappa shape index (κ1) is 24.5. The number of para-hydroxylation sites is 1. The number of anilines is 1. The lowest BCUT2D eigenvalue weighted by atomic mass is 10.1. The van der Waals surface area contributed by atoms with Gasteiger partial charge in [-0.2, -0.15) is 5.10 Å². The molecule has 2 N–H and O–H groups in total. The van der Waals surface area contributed by atoms with E-state index >= 15 is 0 Å². The topological polar surface area (TPSA) is 125 Å². The van der Waals surface area contributed by atoms with E-state index < -0.39 is 28.4 Å². The summed E-state index contributed by atoms with van der Waals surface area (Å²) >= 11 is 0. The fourth-order valence-corrected chi connectivity index (χ4v) is 4.39. The van der Waals surface area contributed by atoms with E-state index in [1.165, 1.54) is 42.6 Å². The van der Waals surface area contributed by atoms with Crippen molar-refractivity contribution >= 4 is 33.8 Å². The van der Waals surface area contributed by atoms with Gasteiger partial charge in [0.2, 0.25) is 0 Å². The molecule has 0 saturated carbocycles. The Morgan fingerprint density at radius 1 is 1.00 bits per heavy atom. The van der Waals surface area contributed by atoms with E-state index in [1.54, 1.807) is 42.5 Å². The molecule has 3 aromatic rings. The number of hydrogen-bond donors (Lipinski definition) is 2. The average Bonchev–Trinajstić information content (AvgIpc) is 2.84. The van der Waals surface area contributed by atoms with E-state index in [4.69, 9.17) is 9.84 Å². The van der Waals surface area contributed by atoms with E-state index in [1.807, 2.05) is 6.92 Å². The molecule has 176 valence electrons. The van der Waals surface area contributed by atoms with Crippen molar-refractivity contribution in [3.05, 3.63) is 90.0 Å². The van der Waals surface area contributed by atoms with Crippen LogP contribution in [0.1, 0.15) is 22.8 Å². The molecule has 9 nitrogen and oxygen atoms in total. The van der Waals surface area contributed by atoms with Crippen LogP contribution in [0.3, 0.4) is 0 Å². The molecular formula is C24H23N3O6S. The third-order valence-corrected chi connectivity index (χ3v) is 6.40. The average molecular weight is 482 g/mol. The van der Waals surface area contributed by atoms with Crippen molar-refractivity contribution in [2.75, 3.05) is 17.5 Å². The van der Waals surface area contributed by atoms with Crippen molar-refractivity contribution in [3.63, 3.8) is 0 Å². The van der Waals surface area contributed by atoms with Gasteiger partial charge < -0.3 is 9.84 Å². The molecule has 34 heavy (non-hydrogen) atoms. The fourth-order valence-electron chi connectivity index (χ4n) is 2.97. The number of ether oxygens (including phenoxy) is 1. The minimum atomic E-state index is -4.06. The minimum Gasteiger partial charge on any atom is -0.494 e. The lowest BCUT2D eigenvalue weighted by molar-refractivity contribution is -0.119. The number of carbonyl (C=O) groups is 2. The molecule has 0 atom stereocenters. The Morgan fingerprint density at radius 3 is 2.24 bits per heavy atom. The second-order valence-corrected chi connectivity index (χ2v) is 8.83. The first-order valence-electron chi connectivity index (χ1n) is 10.3. The Labute approximate surface area is 197 Å². The van der Waals surface area contributed by atoms with Gasteiger partial charge in [0.05, 0.1) is 29.0 Å². The summed E-state index contributed by atoms with van der Waals surface area (Å²) in [5, 5.41) is 12.8. The molecule has 0 aliphatic rings. The van der Waals surface area contributed by atoms with Gasteiger partial charge in [-0.3, -0.25) is 9.10 Å². The van der Waals surface area contributed by atoms with Crippen molar-refractivity contribution in [2.45, 2.75) is 11.8 Å². The number of amides is 1. The molecular weight excluding hydrogens is 458 g/mol. The summed E-state index contributed by atoms with van der Waals surface area (Å²) in [7, 11) is -4.06. The van der Waals surface area contributed by atoms with Gasteiger partial charge in [-0.05, 0) is 61.0 Å². The Morgan fingerprint density at radius 2 is 1.65 bits per heavy atom. The van der Waals surface area contributed by atoms with Crippen molar-refractivity contribution in [3.8, 4) is 5.75 Å². The molecule has 0 fully saturated rings. The Bertz CT molecular complexity index is 1260. The highest BCUT2D eigenvalue weighted by atomic mass is 32.2. The Kier molecular flexibility index (Phi) is 7.99. The number of carbonyl (C=O) groups excluding carboxylic acids is 1. The molecule has 3 aromatic carbocycles. The zero-order valence-corrected chi connectivity index (χ0v) is 19.1. The Hall–Kier alpha value is -4.18. The molecule has 1 amide bonds. The number of aromatic carboxylic acids is 1. The SMILES string of the molecule is CCOc1ccc(S(=O)(=O)N(CC(=O)NN=Cc2ccc(C(=O)O)cc2)c2ccccc2)cc1. The second-order valence-electron chi connectivity index (χ2n) is 6.97. The summed E-state index contributed by atoms with van der Waals surface area (Å²) in [5.74, 6) is -1.17. The maximum absolute atomic E-state index is 13.3. The number of nitrogens with one attached hydrogen (secondary N) is 1. The summed E-state index contributed by atoms with van der Waals surface area (Å²) in [6.07, 6.45) is 1.33. The van der Waals surface area contributed by atoms with E-state index in [0.717, 1.165) is 4.31 Å². The van der Waals surface area contributed by atoms with Crippen LogP contribution in [0.25, 0.3) is 0 Å². The second kappa shape index (κ2) is 11.1. The number of carboxylic acid groups (broad SMARTS) is 1. The molecule has 0 aliphatic heterocycles. The van der Waals surface area contributed by atoms with Gasteiger partial charge >= 0.3 is 5.97 Å². The molecule has 0 radical (unpaired) electrons. The lowest BCUT2D eigenvalue weighted by Gasteiger charge is -2.23. The van der Waals surface area contributed by atoms with Crippen LogP contribution in [0, 0.1) is 0 Å². The van der Waals surface area contributed by atoms with Gasteiger partial charge in [-0.1, -0.05) is 30.3 Å². The standard InChI is InChI=1S/C24H23N3O6S/c1-2-33-21-12-14-22(15-13-21)34(31,32)27(20-6-4-3-5-7-20)17-23(28)26-25-16-18-8-10-19(11-9-18)24(29)30/h3-16H,2,17H2,1H3,(H,26,28)(H,29,30). The highest BCUT2D eigenvalue weighted by Gasteiger charge is 2.27. The van der Waals surface area contributed by atoms with E-state index in [0.29, 0.717) is 23.6 Å². The van der Waals surface area contributed by atoms with Gasteiger partial charge in [0.1, 0.15) is 12.3 Å². The molecule has 10 heteroatoms. The number of carboxylic acids is 1. The van der Waals surface area contributed by atoms with Crippen LogP contribution in [0.4, 0.5) is 5.69 Å². The van der Waals surface area contributed by atoms with Crippen molar-refractivity contribution in [2.24, 2.45) is 5.10 Å². The van der Waals surface area contributed by atoms with Gasteiger partial charge in [0.25, 0.3) is 15.9 Å². The molecule has 0 unspecified atom stereocenters. The summed E-state index contributed by atoms with van der Waals surface area (Å²) in [4.78, 5) is 23.5. The molecule has 0 aromatic heterocycles.